The number of oxime groups is 1. The normalized spacial score (nSPS) is 11.9. The summed E-state index contributed by atoms with van der Waals surface area (Å²) in [6.45, 7) is 0. The van der Waals surface area contributed by atoms with E-state index in [0.717, 1.165) is 16.8 Å². The topological polar surface area (TPSA) is 58.6 Å². The number of hydrogen-bond acceptors (Lipinski definition) is 3. The maximum absolute atomic E-state index is 9.02. The van der Waals surface area contributed by atoms with E-state index >= 15 is 0 Å². The lowest BCUT2D eigenvalue weighted by molar-refractivity contribution is 0.320. The third kappa shape index (κ3) is 2.98. The Bertz CT molecular complexity index is 557. The summed E-state index contributed by atoms with van der Waals surface area (Å²) in [6, 6.07) is 17.0. The molecular weight excluding hydrogens is 224 g/mol. The number of hydrogen-bond donors (Lipinski definition) is 2. The Kier molecular flexibility index (Phi) is 3.76. The van der Waals surface area contributed by atoms with Gasteiger partial charge in [-0.05, 0) is 23.8 Å². The zero-order valence-corrected chi connectivity index (χ0v) is 9.82. The standard InChI is InChI=1S/C15H14N2O/c16-14-9-6-12(7-10-14)8-11-15(17-18)13-4-2-1-3-5-13/h1-11,18H,16H2/b11-8+,17-15+. The molecule has 0 radical (unpaired) electrons. The summed E-state index contributed by atoms with van der Waals surface area (Å²) in [5, 5.41) is 12.3. The van der Waals surface area contributed by atoms with Crippen molar-refractivity contribution < 1.29 is 5.21 Å². The first-order chi connectivity index (χ1) is 8.79. The van der Waals surface area contributed by atoms with E-state index in [9.17, 15) is 0 Å². The van der Waals surface area contributed by atoms with Crippen molar-refractivity contribution in [3.8, 4) is 0 Å². The van der Waals surface area contributed by atoms with Gasteiger partial charge in [-0.2, -0.15) is 0 Å². The molecule has 0 spiro atoms. The molecule has 0 atom stereocenters. The van der Waals surface area contributed by atoms with E-state index in [2.05, 4.69) is 5.16 Å². The summed E-state index contributed by atoms with van der Waals surface area (Å²) in [4.78, 5) is 0. The Morgan fingerprint density at radius 1 is 1.00 bits per heavy atom. The van der Waals surface area contributed by atoms with Gasteiger partial charge in [0, 0.05) is 11.3 Å². The van der Waals surface area contributed by atoms with E-state index in [0.29, 0.717) is 5.71 Å². The molecule has 0 aliphatic heterocycles. The molecule has 90 valence electrons. The van der Waals surface area contributed by atoms with Crippen LogP contribution >= 0.6 is 0 Å². The average Bonchev–Trinajstić information content (AvgIpc) is 2.43. The van der Waals surface area contributed by atoms with Gasteiger partial charge in [-0.25, -0.2) is 0 Å². The maximum atomic E-state index is 9.02. The summed E-state index contributed by atoms with van der Waals surface area (Å²) in [5.41, 5.74) is 8.73. The Morgan fingerprint density at radius 3 is 2.28 bits per heavy atom. The van der Waals surface area contributed by atoms with Crippen LogP contribution in [0.3, 0.4) is 0 Å². The molecule has 18 heavy (non-hydrogen) atoms. The fourth-order valence-corrected chi connectivity index (χ4v) is 1.58. The van der Waals surface area contributed by atoms with Crippen molar-refractivity contribution in [2.24, 2.45) is 5.16 Å². The third-order valence-electron chi connectivity index (χ3n) is 2.55. The number of nitrogens with two attached hydrogens (primary N) is 1. The highest BCUT2D eigenvalue weighted by molar-refractivity contribution is 6.10. The Balaban J connectivity index is 2.19. The second-order valence-electron chi connectivity index (χ2n) is 3.85. The van der Waals surface area contributed by atoms with Crippen LogP contribution in [0.5, 0.6) is 0 Å². The molecule has 0 heterocycles. The first-order valence-corrected chi connectivity index (χ1v) is 5.61. The summed E-state index contributed by atoms with van der Waals surface area (Å²) >= 11 is 0. The van der Waals surface area contributed by atoms with Gasteiger partial charge >= 0.3 is 0 Å². The second kappa shape index (κ2) is 5.68. The third-order valence-corrected chi connectivity index (χ3v) is 2.55. The van der Waals surface area contributed by atoms with E-state index in [4.69, 9.17) is 10.9 Å². The number of benzene rings is 2. The summed E-state index contributed by atoms with van der Waals surface area (Å²) in [6.07, 6.45) is 3.64. The van der Waals surface area contributed by atoms with Crippen molar-refractivity contribution in [2.75, 3.05) is 5.73 Å². The van der Waals surface area contributed by atoms with E-state index in [1.807, 2.05) is 60.7 Å². The van der Waals surface area contributed by atoms with Gasteiger partial charge in [0.1, 0.15) is 5.71 Å². The molecule has 3 nitrogen and oxygen atoms in total. The van der Waals surface area contributed by atoms with Gasteiger partial charge < -0.3 is 10.9 Å². The lowest BCUT2D eigenvalue weighted by Crippen LogP contribution is -1.95. The Morgan fingerprint density at radius 2 is 1.67 bits per heavy atom. The highest BCUT2D eigenvalue weighted by Gasteiger charge is 1.98. The lowest BCUT2D eigenvalue weighted by atomic mass is 10.1. The summed E-state index contributed by atoms with van der Waals surface area (Å²) in [7, 11) is 0. The molecule has 0 bridgehead atoms. The minimum Gasteiger partial charge on any atom is -0.410 e. The molecule has 0 saturated carbocycles. The second-order valence-corrected chi connectivity index (χ2v) is 3.85. The van der Waals surface area contributed by atoms with Crippen LogP contribution in [0.25, 0.3) is 6.08 Å². The number of allylic oxidation sites excluding steroid dienone is 1. The first-order valence-electron chi connectivity index (χ1n) is 5.61. The molecule has 2 aromatic carbocycles. The molecule has 0 aromatic heterocycles. The molecular formula is C15H14N2O. The van der Waals surface area contributed by atoms with Gasteiger partial charge in [0.25, 0.3) is 0 Å². The molecule has 0 fully saturated rings. The zero-order chi connectivity index (χ0) is 12.8. The van der Waals surface area contributed by atoms with E-state index in [1.54, 1.807) is 6.08 Å². The number of rotatable bonds is 3. The molecule has 2 aromatic rings. The molecule has 0 amide bonds. The van der Waals surface area contributed by atoms with Crippen LogP contribution in [-0.4, -0.2) is 10.9 Å². The van der Waals surface area contributed by atoms with Crippen LogP contribution in [0.15, 0.2) is 65.8 Å². The smallest absolute Gasteiger partial charge is 0.109 e. The minimum atomic E-state index is 0.521. The van der Waals surface area contributed by atoms with E-state index < -0.39 is 0 Å². The Labute approximate surface area is 106 Å². The highest BCUT2D eigenvalue weighted by atomic mass is 16.4. The number of nitrogen functional groups attached to an aromatic ring is 1. The molecule has 3 heteroatoms. The van der Waals surface area contributed by atoms with Crippen molar-refractivity contribution in [3.05, 3.63) is 71.8 Å². The molecule has 0 aliphatic rings. The van der Waals surface area contributed by atoms with Crippen molar-refractivity contribution in [2.45, 2.75) is 0 Å². The van der Waals surface area contributed by atoms with Gasteiger partial charge in [-0.1, -0.05) is 53.7 Å². The fourth-order valence-electron chi connectivity index (χ4n) is 1.58. The van der Waals surface area contributed by atoms with Gasteiger partial charge in [0.2, 0.25) is 0 Å². The first kappa shape index (κ1) is 11.9. The van der Waals surface area contributed by atoms with E-state index in [1.165, 1.54) is 0 Å². The predicted octanol–water partition coefficient (Wildman–Crippen LogP) is 3.16. The number of nitrogens with zero attached hydrogens (tertiary/aromatic N) is 1. The SMILES string of the molecule is Nc1ccc(/C=C/C(=N\O)c2ccccc2)cc1. The fraction of sp³-hybridized carbons (Fsp3) is 0. The minimum absolute atomic E-state index is 0.521. The van der Waals surface area contributed by atoms with Crippen LogP contribution in [0.1, 0.15) is 11.1 Å². The molecule has 0 unspecified atom stereocenters. The summed E-state index contributed by atoms with van der Waals surface area (Å²) in [5.74, 6) is 0. The highest BCUT2D eigenvalue weighted by Crippen LogP contribution is 2.09. The number of anilines is 1. The van der Waals surface area contributed by atoms with Gasteiger partial charge in [-0.3, -0.25) is 0 Å². The van der Waals surface area contributed by atoms with Crippen LogP contribution in [0, 0.1) is 0 Å². The molecule has 0 aliphatic carbocycles. The van der Waals surface area contributed by atoms with E-state index in [-0.39, 0.29) is 0 Å². The quantitative estimate of drug-likeness (QED) is 0.373. The monoisotopic (exact) mass is 238 g/mol. The van der Waals surface area contributed by atoms with Gasteiger partial charge in [0.05, 0.1) is 0 Å². The van der Waals surface area contributed by atoms with Crippen LogP contribution in [0.4, 0.5) is 5.69 Å². The van der Waals surface area contributed by atoms with Crippen LogP contribution < -0.4 is 5.73 Å². The largest absolute Gasteiger partial charge is 0.410 e. The molecule has 2 rings (SSSR count). The zero-order valence-electron chi connectivity index (χ0n) is 9.82. The van der Waals surface area contributed by atoms with Gasteiger partial charge in [-0.15, -0.1) is 0 Å². The van der Waals surface area contributed by atoms with Crippen molar-refractivity contribution >= 4 is 17.5 Å². The predicted molar refractivity (Wildman–Crippen MR) is 74.7 cm³/mol. The molecule has 0 saturated heterocycles. The van der Waals surface area contributed by atoms with Crippen molar-refractivity contribution in [1.29, 1.82) is 0 Å². The van der Waals surface area contributed by atoms with Crippen LogP contribution in [-0.2, 0) is 0 Å². The maximum Gasteiger partial charge on any atom is 0.109 e. The lowest BCUT2D eigenvalue weighted by Gasteiger charge is -1.99. The van der Waals surface area contributed by atoms with Crippen LogP contribution in [0.2, 0.25) is 0 Å². The van der Waals surface area contributed by atoms with Crippen molar-refractivity contribution in [3.63, 3.8) is 0 Å². The average molecular weight is 238 g/mol. The molecule has 3 N–H and O–H groups in total. The summed E-state index contributed by atoms with van der Waals surface area (Å²) < 4.78 is 0. The Hall–Kier alpha value is -2.55. The van der Waals surface area contributed by atoms with Crippen molar-refractivity contribution in [1.82, 2.24) is 0 Å². The van der Waals surface area contributed by atoms with Gasteiger partial charge in [0.15, 0.2) is 0 Å².